The van der Waals surface area contributed by atoms with E-state index in [4.69, 9.17) is 4.42 Å². The summed E-state index contributed by atoms with van der Waals surface area (Å²) >= 11 is 0. The molecule has 13 heavy (non-hydrogen) atoms. The van der Waals surface area contributed by atoms with Crippen LogP contribution < -0.4 is 10.6 Å². The number of hydrogen-bond acceptors (Lipinski definition) is 3. The molecule has 2 rings (SSSR count). The van der Waals surface area contributed by atoms with Gasteiger partial charge in [0.1, 0.15) is 11.8 Å². The van der Waals surface area contributed by atoms with Crippen LogP contribution in [0.25, 0.3) is 0 Å². The summed E-state index contributed by atoms with van der Waals surface area (Å²) in [6.07, 6.45) is 1.57. The number of furan rings is 1. The third kappa shape index (κ3) is 1.58. The van der Waals surface area contributed by atoms with Crippen LogP contribution in [0.2, 0.25) is 0 Å². The quantitative estimate of drug-likeness (QED) is 0.659. The summed E-state index contributed by atoms with van der Waals surface area (Å²) in [6.45, 7) is 2.70. The number of hydrogen-bond donors (Lipinski definition) is 2. The van der Waals surface area contributed by atoms with Crippen LogP contribution >= 0.6 is 0 Å². The number of rotatable bonds is 1. The van der Waals surface area contributed by atoms with Crippen molar-refractivity contribution in [1.29, 1.82) is 0 Å². The predicted octanol–water partition coefficient (Wildman–Crippen LogP) is 0.429. The maximum absolute atomic E-state index is 11.4. The summed E-state index contributed by atoms with van der Waals surface area (Å²) in [5.41, 5.74) is 0. The van der Waals surface area contributed by atoms with E-state index in [1.807, 2.05) is 6.92 Å². The zero-order chi connectivity index (χ0) is 9.26. The summed E-state index contributed by atoms with van der Waals surface area (Å²) in [7, 11) is 0. The third-order valence-electron chi connectivity index (χ3n) is 2.12. The zero-order valence-corrected chi connectivity index (χ0v) is 7.41. The molecule has 2 N–H and O–H groups in total. The maximum Gasteiger partial charge on any atom is 0.245 e. The van der Waals surface area contributed by atoms with Gasteiger partial charge in [0.2, 0.25) is 5.91 Å². The fraction of sp³-hybridized carbons (Fsp3) is 0.444. The maximum atomic E-state index is 11.4. The fourth-order valence-corrected chi connectivity index (χ4v) is 1.44. The molecule has 0 radical (unpaired) electrons. The van der Waals surface area contributed by atoms with Crippen LogP contribution in [0.5, 0.6) is 0 Å². The van der Waals surface area contributed by atoms with Crippen LogP contribution in [0.15, 0.2) is 22.8 Å². The fourth-order valence-electron chi connectivity index (χ4n) is 1.44. The molecule has 2 unspecified atom stereocenters. The highest BCUT2D eigenvalue weighted by atomic mass is 16.3. The van der Waals surface area contributed by atoms with Crippen LogP contribution in [-0.4, -0.2) is 18.5 Å². The lowest BCUT2D eigenvalue weighted by Crippen LogP contribution is -2.52. The second kappa shape index (κ2) is 3.22. The van der Waals surface area contributed by atoms with Crippen molar-refractivity contribution in [2.24, 2.45) is 0 Å². The molecule has 1 amide bonds. The Morgan fingerprint density at radius 3 is 3.15 bits per heavy atom. The molecule has 4 nitrogen and oxygen atoms in total. The molecule has 1 aromatic heterocycles. The molecule has 0 saturated carbocycles. The van der Waals surface area contributed by atoms with Crippen molar-refractivity contribution in [2.45, 2.75) is 19.0 Å². The predicted molar refractivity (Wildman–Crippen MR) is 47.1 cm³/mol. The molecule has 1 fully saturated rings. The van der Waals surface area contributed by atoms with E-state index in [0.717, 1.165) is 0 Å². The van der Waals surface area contributed by atoms with Gasteiger partial charge in [-0.15, -0.1) is 0 Å². The van der Waals surface area contributed by atoms with Gasteiger partial charge in [0.05, 0.1) is 6.26 Å². The lowest BCUT2D eigenvalue weighted by Gasteiger charge is -2.27. The summed E-state index contributed by atoms with van der Waals surface area (Å²) in [4.78, 5) is 11.4. The van der Waals surface area contributed by atoms with Crippen molar-refractivity contribution in [1.82, 2.24) is 10.6 Å². The number of carbonyl (C=O) groups is 1. The first-order valence-electron chi connectivity index (χ1n) is 4.34. The van der Waals surface area contributed by atoms with Gasteiger partial charge >= 0.3 is 0 Å². The smallest absolute Gasteiger partial charge is 0.245 e. The van der Waals surface area contributed by atoms with Crippen molar-refractivity contribution in [3.05, 3.63) is 24.2 Å². The minimum Gasteiger partial charge on any atom is -0.467 e. The molecule has 0 bridgehead atoms. The largest absolute Gasteiger partial charge is 0.467 e. The highest BCUT2D eigenvalue weighted by Crippen LogP contribution is 2.16. The molecule has 0 aromatic carbocycles. The molecule has 4 heteroatoms. The van der Waals surface area contributed by atoms with Crippen LogP contribution in [0.1, 0.15) is 18.7 Å². The Bertz CT molecular complexity index is 295. The average molecular weight is 180 g/mol. The monoisotopic (exact) mass is 180 g/mol. The van der Waals surface area contributed by atoms with E-state index in [1.54, 1.807) is 18.4 Å². The second-order valence-corrected chi connectivity index (χ2v) is 3.26. The molecule has 1 aliphatic heterocycles. The van der Waals surface area contributed by atoms with Crippen molar-refractivity contribution in [3.8, 4) is 0 Å². The standard InChI is InChI=1S/C9H12N2O2/c1-6-5-10-9(12)8(11-6)7-3-2-4-13-7/h2-4,6,8,11H,5H2,1H3,(H,10,12). The molecule has 70 valence electrons. The normalized spacial score (nSPS) is 28.5. The molecule has 2 heterocycles. The highest BCUT2D eigenvalue weighted by Gasteiger charge is 2.28. The van der Waals surface area contributed by atoms with Crippen molar-refractivity contribution in [3.63, 3.8) is 0 Å². The number of amides is 1. The molecule has 1 aromatic rings. The van der Waals surface area contributed by atoms with Gasteiger partial charge in [0.25, 0.3) is 0 Å². The van der Waals surface area contributed by atoms with Crippen LogP contribution in [-0.2, 0) is 4.79 Å². The van der Waals surface area contributed by atoms with E-state index in [-0.39, 0.29) is 18.0 Å². The van der Waals surface area contributed by atoms with Gasteiger partial charge < -0.3 is 9.73 Å². The van der Waals surface area contributed by atoms with Crippen molar-refractivity contribution in [2.75, 3.05) is 6.54 Å². The Morgan fingerprint density at radius 1 is 1.62 bits per heavy atom. The van der Waals surface area contributed by atoms with Crippen LogP contribution in [0, 0.1) is 0 Å². The summed E-state index contributed by atoms with van der Waals surface area (Å²) in [5, 5.41) is 5.97. The van der Waals surface area contributed by atoms with Crippen molar-refractivity contribution < 1.29 is 9.21 Å². The first-order valence-corrected chi connectivity index (χ1v) is 4.34. The van der Waals surface area contributed by atoms with Crippen LogP contribution in [0.3, 0.4) is 0 Å². The lowest BCUT2D eigenvalue weighted by molar-refractivity contribution is -0.125. The minimum absolute atomic E-state index is 0.0203. The van der Waals surface area contributed by atoms with Gasteiger partial charge in [0.15, 0.2) is 0 Å². The summed E-state index contributed by atoms with van der Waals surface area (Å²) in [6, 6.07) is 3.53. The molecular formula is C9H12N2O2. The second-order valence-electron chi connectivity index (χ2n) is 3.26. The number of piperazine rings is 1. The van der Waals surface area contributed by atoms with E-state index in [0.29, 0.717) is 12.3 Å². The highest BCUT2D eigenvalue weighted by molar-refractivity contribution is 5.83. The Balaban J connectivity index is 2.17. The summed E-state index contributed by atoms with van der Waals surface area (Å²) in [5.74, 6) is 0.650. The van der Waals surface area contributed by atoms with Gasteiger partial charge in [-0.3, -0.25) is 10.1 Å². The Hall–Kier alpha value is -1.29. The Kier molecular flexibility index (Phi) is 2.06. The van der Waals surface area contributed by atoms with Crippen molar-refractivity contribution >= 4 is 5.91 Å². The first-order chi connectivity index (χ1) is 6.27. The number of carbonyl (C=O) groups excluding carboxylic acids is 1. The molecule has 0 aliphatic carbocycles. The van der Waals surface area contributed by atoms with E-state index >= 15 is 0 Å². The van der Waals surface area contributed by atoms with E-state index in [2.05, 4.69) is 10.6 Å². The third-order valence-corrected chi connectivity index (χ3v) is 2.12. The molecule has 0 spiro atoms. The average Bonchev–Trinajstić information content (AvgIpc) is 2.61. The first kappa shape index (κ1) is 8.31. The lowest BCUT2D eigenvalue weighted by atomic mass is 10.1. The van der Waals surface area contributed by atoms with Gasteiger partial charge in [0, 0.05) is 12.6 Å². The molecule has 1 saturated heterocycles. The summed E-state index contributed by atoms with van der Waals surface area (Å²) < 4.78 is 5.17. The van der Waals surface area contributed by atoms with E-state index < -0.39 is 0 Å². The minimum atomic E-state index is -0.334. The SMILES string of the molecule is CC1CNC(=O)C(c2ccco2)N1. The topological polar surface area (TPSA) is 54.3 Å². The van der Waals surface area contributed by atoms with Gasteiger partial charge in [-0.1, -0.05) is 0 Å². The van der Waals surface area contributed by atoms with E-state index in [9.17, 15) is 4.79 Å². The number of nitrogens with one attached hydrogen (secondary N) is 2. The van der Waals surface area contributed by atoms with E-state index in [1.165, 1.54) is 0 Å². The Labute approximate surface area is 76.3 Å². The zero-order valence-electron chi connectivity index (χ0n) is 7.41. The Morgan fingerprint density at radius 2 is 2.46 bits per heavy atom. The van der Waals surface area contributed by atoms with Gasteiger partial charge in [-0.2, -0.15) is 0 Å². The molecular weight excluding hydrogens is 168 g/mol. The van der Waals surface area contributed by atoms with Gasteiger partial charge in [-0.25, -0.2) is 0 Å². The van der Waals surface area contributed by atoms with Crippen LogP contribution in [0.4, 0.5) is 0 Å². The molecule has 2 atom stereocenters. The van der Waals surface area contributed by atoms with Gasteiger partial charge in [-0.05, 0) is 19.1 Å². The molecule has 1 aliphatic rings.